The number of nitrogens with zero attached hydrogens (tertiary/aromatic N) is 2. The average Bonchev–Trinajstić information content (AvgIpc) is 2.73. The van der Waals surface area contributed by atoms with Crippen LogP contribution in [0.2, 0.25) is 0 Å². The maximum Gasteiger partial charge on any atom is 0.269 e. The first kappa shape index (κ1) is 22.0. The zero-order valence-corrected chi connectivity index (χ0v) is 18.0. The molecule has 0 heterocycles. The van der Waals surface area contributed by atoms with E-state index in [0.717, 1.165) is 6.07 Å². The molecular weight excluding hydrogens is 428 g/mol. The Bertz CT molecular complexity index is 1340. The fourth-order valence-corrected chi connectivity index (χ4v) is 4.31. The molecule has 0 bridgehead atoms. The summed E-state index contributed by atoms with van der Waals surface area (Å²) in [6.45, 7) is 1.66. The van der Waals surface area contributed by atoms with Crippen molar-refractivity contribution in [3.8, 4) is 17.2 Å². The van der Waals surface area contributed by atoms with Crippen molar-refractivity contribution < 1.29 is 29.8 Å². The van der Waals surface area contributed by atoms with Gasteiger partial charge in [0, 0.05) is 23.3 Å². The van der Waals surface area contributed by atoms with Crippen LogP contribution in [0.15, 0.2) is 42.5 Å². The molecule has 0 saturated heterocycles. The monoisotopic (exact) mass is 448 g/mol. The van der Waals surface area contributed by atoms with Crippen molar-refractivity contribution in [2.75, 3.05) is 14.1 Å². The Balaban J connectivity index is 1.94. The first-order chi connectivity index (χ1) is 15.5. The van der Waals surface area contributed by atoms with Crippen LogP contribution in [-0.2, 0) is 0 Å². The molecule has 0 saturated carbocycles. The number of rotatable bonds is 4. The second-order valence-electron chi connectivity index (χ2n) is 8.16. The minimum Gasteiger partial charge on any atom is -0.507 e. The van der Waals surface area contributed by atoms with E-state index in [0.29, 0.717) is 11.1 Å². The lowest BCUT2D eigenvalue weighted by Gasteiger charge is -2.29. The molecule has 168 valence electrons. The van der Waals surface area contributed by atoms with Gasteiger partial charge in [0.05, 0.1) is 27.7 Å². The van der Waals surface area contributed by atoms with E-state index in [1.165, 1.54) is 36.4 Å². The van der Waals surface area contributed by atoms with Crippen LogP contribution in [-0.4, -0.2) is 50.8 Å². The van der Waals surface area contributed by atoms with E-state index in [4.69, 9.17) is 0 Å². The van der Waals surface area contributed by atoms with Gasteiger partial charge in [0.1, 0.15) is 17.2 Å². The predicted octanol–water partition coefficient (Wildman–Crippen LogP) is 3.45. The van der Waals surface area contributed by atoms with Crippen LogP contribution < -0.4 is 0 Å². The maximum absolute atomic E-state index is 13.3. The Morgan fingerprint density at radius 1 is 0.879 bits per heavy atom. The minimum absolute atomic E-state index is 0.00363. The van der Waals surface area contributed by atoms with Crippen molar-refractivity contribution in [2.45, 2.75) is 13.0 Å². The highest BCUT2D eigenvalue weighted by Gasteiger charge is 2.38. The van der Waals surface area contributed by atoms with E-state index in [9.17, 15) is 35.0 Å². The number of nitro groups is 1. The normalized spacial score (nSPS) is 13.6. The Morgan fingerprint density at radius 3 is 2.06 bits per heavy atom. The van der Waals surface area contributed by atoms with Gasteiger partial charge in [-0.3, -0.25) is 24.6 Å². The number of hydrogen-bond donors (Lipinski definition) is 3. The number of non-ortho nitro benzene ring substituents is 1. The zero-order chi connectivity index (χ0) is 24.2. The SMILES string of the molecule is Cc1cc(O)c2c(c1)C(=O)c1cc(O)c(C(c3ccc([N+](=O)[O-])cc3)N(C)C)c(O)c1C2=O. The number of fused-ring (bicyclic) bond motifs is 2. The third-order valence-corrected chi connectivity index (χ3v) is 5.73. The molecule has 33 heavy (non-hydrogen) atoms. The summed E-state index contributed by atoms with van der Waals surface area (Å²) in [7, 11) is 3.34. The minimum atomic E-state index is -0.799. The summed E-state index contributed by atoms with van der Waals surface area (Å²) in [4.78, 5) is 38.5. The first-order valence-corrected chi connectivity index (χ1v) is 9.95. The Hall–Kier alpha value is -4.24. The molecule has 0 radical (unpaired) electrons. The third kappa shape index (κ3) is 3.39. The number of benzene rings is 3. The van der Waals surface area contributed by atoms with Gasteiger partial charge in [-0.25, -0.2) is 0 Å². The van der Waals surface area contributed by atoms with Gasteiger partial charge < -0.3 is 15.3 Å². The number of phenolic OH excluding ortho intramolecular Hbond substituents is 3. The lowest BCUT2D eigenvalue weighted by molar-refractivity contribution is -0.384. The zero-order valence-electron chi connectivity index (χ0n) is 18.0. The largest absolute Gasteiger partial charge is 0.507 e. The second-order valence-corrected chi connectivity index (χ2v) is 8.16. The number of ketones is 2. The van der Waals surface area contributed by atoms with Crippen molar-refractivity contribution >= 4 is 17.3 Å². The molecule has 1 aliphatic rings. The molecule has 0 fully saturated rings. The number of carbonyl (C=O) groups excluding carboxylic acids is 2. The van der Waals surface area contributed by atoms with Gasteiger partial charge in [-0.1, -0.05) is 12.1 Å². The van der Waals surface area contributed by atoms with Gasteiger partial charge in [0.15, 0.2) is 5.78 Å². The Morgan fingerprint density at radius 2 is 1.48 bits per heavy atom. The number of aromatic hydroxyl groups is 3. The number of carbonyl (C=O) groups is 2. The smallest absolute Gasteiger partial charge is 0.269 e. The molecule has 1 unspecified atom stereocenters. The van der Waals surface area contributed by atoms with Gasteiger partial charge in [0.25, 0.3) is 5.69 Å². The maximum atomic E-state index is 13.3. The van der Waals surface area contributed by atoms with Gasteiger partial charge in [-0.05, 0) is 50.3 Å². The summed E-state index contributed by atoms with van der Waals surface area (Å²) in [5.74, 6) is -2.72. The summed E-state index contributed by atoms with van der Waals surface area (Å²) in [6.07, 6.45) is 0. The van der Waals surface area contributed by atoms with E-state index in [2.05, 4.69) is 0 Å². The molecule has 1 aliphatic carbocycles. The van der Waals surface area contributed by atoms with Crippen LogP contribution >= 0.6 is 0 Å². The molecule has 0 amide bonds. The quantitative estimate of drug-likeness (QED) is 0.318. The van der Waals surface area contributed by atoms with Crippen LogP contribution in [0.1, 0.15) is 54.6 Å². The number of aryl methyl sites for hydroxylation is 1. The Labute approximate surface area is 188 Å². The average molecular weight is 448 g/mol. The van der Waals surface area contributed by atoms with Crippen LogP contribution in [0, 0.1) is 17.0 Å². The summed E-state index contributed by atoms with van der Waals surface area (Å²) >= 11 is 0. The number of nitro benzene ring substituents is 1. The molecule has 0 aromatic heterocycles. The lowest BCUT2D eigenvalue weighted by atomic mass is 9.80. The molecule has 3 aromatic rings. The number of hydrogen-bond acceptors (Lipinski definition) is 8. The van der Waals surface area contributed by atoms with Crippen molar-refractivity contribution in [2.24, 2.45) is 0 Å². The molecule has 9 nitrogen and oxygen atoms in total. The van der Waals surface area contributed by atoms with Crippen LogP contribution in [0.3, 0.4) is 0 Å². The van der Waals surface area contributed by atoms with Gasteiger partial charge in [0.2, 0.25) is 5.78 Å². The standard InChI is InChI=1S/C24H20N2O7/c1-11-8-14-18(16(27)9-11)23(30)19-15(22(14)29)10-17(28)20(24(19)31)21(25(2)3)12-4-6-13(7-5-12)26(32)33/h4-10,21,27-28,31H,1-3H3. The predicted molar refractivity (Wildman–Crippen MR) is 118 cm³/mol. The van der Waals surface area contributed by atoms with E-state index in [-0.39, 0.29) is 39.3 Å². The highest BCUT2D eigenvalue weighted by Crippen LogP contribution is 2.46. The van der Waals surface area contributed by atoms with Gasteiger partial charge in [-0.15, -0.1) is 0 Å². The molecule has 1 atom stereocenters. The van der Waals surface area contributed by atoms with E-state index < -0.39 is 34.0 Å². The summed E-state index contributed by atoms with van der Waals surface area (Å²) < 4.78 is 0. The summed E-state index contributed by atoms with van der Waals surface area (Å²) in [6, 6.07) is 8.72. The van der Waals surface area contributed by atoms with E-state index in [1.54, 1.807) is 25.9 Å². The molecule has 3 aromatic carbocycles. The van der Waals surface area contributed by atoms with Crippen molar-refractivity contribution in [1.82, 2.24) is 4.90 Å². The van der Waals surface area contributed by atoms with E-state index in [1.807, 2.05) is 0 Å². The molecule has 0 spiro atoms. The lowest BCUT2D eigenvalue weighted by Crippen LogP contribution is -2.25. The summed E-state index contributed by atoms with van der Waals surface area (Å²) in [5.41, 5.74) is 0.224. The second kappa shape index (κ2) is 7.72. The number of phenols is 3. The summed E-state index contributed by atoms with van der Waals surface area (Å²) in [5, 5.41) is 43.3. The van der Waals surface area contributed by atoms with Crippen molar-refractivity contribution in [1.29, 1.82) is 0 Å². The van der Waals surface area contributed by atoms with Crippen molar-refractivity contribution in [3.05, 3.63) is 91.5 Å². The highest BCUT2D eigenvalue weighted by atomic mass is 16.6. The highest BCUT2D eigenvalue weighted by molar-refractivity contribution is 6.30. The topological polar surface area (TPSA) is 141 Å². The molecule has 0 aliphatic heterocycles. The van der Waals surface area contributed by atoms with Crippen LogP contribution in [0.5, 0.6) is 17.2 Å². The first-order valence-electron chi connectivity index (χ1n) is 9.95. The van der Waals surface area contributed by atoms with Gasteiger partial charge >= 0.3 is 0 Å². The van der Waals surface area contributed by atoms with Crippen LogP contribution in [0.25, 0.3) is 0 Å². The fraction of sp³-hybridized carbons (Fsp3) is 0.167. The molecule has 4 rings (SSSR count). The van der Waals surface area contributed by atoms with E-state index >= 15 is 0 Å². The Kier molecular flexibility index (Phi) is 5.14. The van der Waals surface area contributed by atoms with Crippen molar-refractivity contribution in [3.63, 3.8) is 0 Å². The molecule has 9 heteroatoms. The third-order valence-electron chi connectivity index (χ3n) is 5.73. The molecular formula is C24H20N2O7. The molecule has 3 N–H and O–H groups in total. The van der Waals surface area contributed by atoms with Gasteiger partial charge in [-0.2, -0.15) is 0 Å². The van der Waals surface area contributed by atoms with Crippen LogP contribution in [0.4, 0.5) is 5.69 Å². The fourth-order valence-electron chi connectivity index (χ4n) is 4.31.